The van der Waals surface area contributed by atoms with Crippen LogP contribution in [0.4, 0.5) is 11.5 Å². The molecule has 1 aromatic carbocycles. The van der Waals surface area contributed by atoms with Crippen LogP contribution in [-0.4, -0.2) is 9.97 Å². The quantitative estimate of drug-likeness (QED) is 0.849. The van der Waals surface area contributed by atoms with Gasteiger partial charge in [0.1, 0.15) is 10.8 Å². The van der Waals surface area contributed by atoms with E-state index in [1.54, 1.807) is 0 Å². The van der Waals surface area contributed by atoms with Gasteiger partial charge in [0.05, 0.1) is 5.56 Å². The summed E-state index contributed by atoms with van der Waals surface area (Å²) in [7, 11) is 0. The molecule has 0 amide bonds. The molecule has 2 aromatic rings. The van der Waals surface area contributed by atoms with E-state index in [9.17, 15) is 0 Å². The van der Waals surface area contributed by atoms with Gasteiger partial charge in [-0.15, -0.1) is 0 Å². The van der Waals surface area contributed by atoms with Crippen LogP contribution in [0.15, 0.2) is 30.3 Å². The maximum atomic E-state index is 5.88. The number of aryl methyl sites for hydroxylation is 3. The van der Waals surface area contributed by atoms with Crippen molar-refractivity contribution in [1.82, 2.24) is 4.98 Å². The van der Waals surface area contributed by atoms with Gasteiger partial charge in [-0.2, -0.15) is 0 Å². The smallest absolute Gasteiger partial charge is 0.140 e. The molecule has 108 valence electrons. The lowest BCUT2D eigenvalue weighted by Crippen LogP contribution is -2.16. The maximum absolute atomic E-state index is 5.88. The Morgan fingerprint density at radius 1 is 1.19 bits per heavy atom. The van der Waals surface area contributed by atoms with Crippen LogP contribution in [0.2, 0.25) is 0 Å². The molecule has 0 radical (unpaired) electrons. The molecule has 0 atom stereocenters. The van der Waals surface area contributed by atoms with Crippen molar-refractivity contribution in [2.75, 3.05) is 5.32 Å². The monoisotopic (exact) mass is 297 g/mol. The van der Waals surface area contributed by atoms with Gasteiger partial charge in [-0.3, -0.25) is 0 Å². The van der Waals surface area contributed by atoms with Crippen molar-refractivity contribution in [3.05, 3.63) is 52.7 Å². The number of pyridine rings is 1. The normalized spacial score (nSPS) is 13.6. The summed E-state index contributed by atoms with van der Waals surface area (Å²) < 4.78 is 0. The van der Waals surface area contributed by atoms with Gasteiger partial charge in [-0.25, -0.2) is 4.98 Å². The fourth-order valence-electron chi connectivity index (χ4n) is 2.69. The third-order valence-electron chi connectivity index (χ3n) is 3.88. The van der Waals surface area contributed by atoms with E-state index in [-0.39, 0.29) is 0 Å². The van der Waals surface area contributed by atoms with Crippen molar-refractivity contribution in [3.8, 4) is 0 Å². The SMILES string of the molecule is Cc1ccc(Nc2nc3c(cc2C(N)=S)CCCC3)cc1. The second kappa shape index (κ2) is 5.82. The summed E-state index contributed by atoms with van der Waals surface area (Å²) in [6.45, 7) is 2.07. The van der Waals surface area contributed by atoms with E-state index in [1.165, 1.54) is 29.7 Å². The number of hydrogen-bond acceptors (Lipinski definition) is 3. The number of thiocarbonyl (C=S) groups is 1. The zero-order valence-corrected chi connectivity index (χ0v) is 13.0. The Labute approximate surface area is 130 Å². The zero-order chi connectivity index (χ0) is 14.8. The van der Waals surface area contributed by atoms with Gasteiger partial charge in [0, 0.05) is 11.4 Å². The number of rotatable bonds is 3. The minimum absolute atomic E-state index is 0.394. The Kier molecular flexibility index (Phi) is 3.88. The number of fused-ring (bicyclic) bond motifs is 1. The molecule has 1 aliphatic rings. The number of anilines is 2. The van der Waals surface area contributed by atoms with Crippen molar-refractivity contribution in [2.24, 2.45) is 5.73 Å². The van der Waals surface area contributed by atoms with Crippen molar-refractivity contribution in [1.29, 1.82) is 0 Å². The molecule has 0 saturated carbocycles. The van der Waals surface area contributed by atoms with Gasteiger partial charge in [-0.05, 0) is 56.4 Å². The second-order valence-corrected chi connectivity index (χ2v) is 5.99. The van der Waals surface area contributed by atoms with Gasteiger partial charge >= 0.3 is 0 Å². The Hall–Kier alpha value is -1.94. The van der Waals surface area contributed by atoms with Gasteiger partial charge in [0.25, 0.3) is 0 Å². The van der Waals surface area contributed by atoms with E-state index >= 15 is 0 Å². The molecule has 4 heteroatoms. The minimum atomic E-state index is 0.394. The summed E-state index contributed by atoms with van der Waals surface area (Å²) in [5.74, 6) is 0.770. The second-order valence-electron chi connectivity index (χ2n) is 5.55. The molecule has 0 aliphatic heterocycles. The number of nitrogens with zero attached hydrogens (tertiary/aromatic N) is 1. The summed E-state index contributed by atoms with van der Waals surface area (Å²) >= 11 is 5.19. The summed E-state index contributed by atoms with van der Waals surface area (Å²) in [6, 6.07) is 10.3. The first kappa shape index (κ1) is 14.0. The summed E-state index contributed by atoms with van der Waals surface area (Å²) in [4.78, 5) is 5.17. The highest BCUT2D eigenvalue weighted by Gasteiger charge is 2.16. The van der Waals surface area contributed by atoms with Gasteiger partial charge in [0.2, 0.25) is 0 Å². The van der Waals surface area contributed by atoms with E-state index < -0.39 is 0 Å². The molecule has 0 bridgehead atoms. The molecule has 0 fully saturated rings. The summed E-state index contributed by atoms with van der Waals surface area (Å²) in [6.07, 6.45) is 4.53. The average molecular weight is 297 g/mol. The summed E-state index contributed by atoms with van der Waals surface area (Å²) in [5, 5.41) is 3.35. The van der Waals surface area contributed by atoms with Gasteiger partial charge < -0.3 is 11.1 Å². The Morgan fingerprint density at radius 2 is 1.90 bits per heavy atom. The molecule has 3 rings (SSSR count). The fourth-order valence-corrected chi connectivity index (χ4v) is 2.85. The maximum Gasteiger partial charge on any atom is 0.140 e. The van der Waals surface area contributed by atoms with Crippen LogP contribution >= 0.6 is 12.2 Å². The molecule has 21 heavy (non-hydrogen) atoms. The highest BCUT2D eigenvalue weighted by atomic mass is 32.1. The molecule has 0 spiro atoms. The van der Waals surface area contributed by atoms with Crippen LogP contribution < -0.4 is 11.1 Å². The third-order valence-corrected chi connectivity index (χ3v) is 4.10. The van der Waals surface area contributed by atoms with Crippen LogP contribution in [0.1, 0.15) is 35.2 Å². The predicted molar refractivity (Wildman–Crippen MR) is 91.2 cm³/mol. The minimum Gasteiger partial charge on any atom is -0.389 e. The lowest BCUT2D eigenvalue weighted by molar-refractivity contribution is 0.668. The standard InChI is InChI=1S/C17H19N3S/c1-11-6-8-13(9-7-11)19-17-14(16(18)21)10-12-4-2-3-5-15(12)20-17/h6-10H,2-5H2,1H3,(H2,18,21)(H,19,20). The molecular formula is C17H19N3S. The average Bonchev–Trinajstić information content (AvgIpc) is 2.48. The van der Waals surface area contributed by atoms with E-state index in [0.717, 1.165) is 29.9 Å². The van der Waals surface area contributed by atoms with Gasteiger partial charge in [0.15, 0.2) is 0 Å². The van der Waals surface area contributed by atoms with Crippen molar-refractivity contribution < 1.29 is 0 Å². The lowest BCUT2D eigenvalue weighted by Gasteiger charge is -2.19. The highest BCUT2D eigenvalue weighted by molar-refractivity contribution is 7.80. The number of nitrogens with one attached hydrogen (secondary N) is 1. The molecule has 3 N–H and O–H groups in total. The van der Waals surface area contributed by atoms with Crippen molar-refractivity contribution in [3.63, 3.8) is 0 Å². The first-order chi connectivity index (χ1) is 10.1. The van der Waals surface area contributed by atoms with Crippen LogP contribution in [0, 0.1) is 6.92 Å². The first-order valence-electron chi connectivity index (χ1n) is 7.30. The molecule has 3 nitrogen and oxygen atoms in total. The molecule has 1 aromatic heterocycles. The molecule has 1 heterocycles. The number of hydrogen-bond donors (Lipinski definition) is 2. The first-order valence-corrected chi connectivity index (χ1v) is 7.70. The van der Waals surface area contributed by atoms with Crippen LogP contribution in [0.3, 0.4) is 0 Å². The lowest BCUT2D eigenvalue weighted by atomic mass is 9.94. The third kappa shape index (κ3) is 3.05. The Balaban J connectivity index is 1.99. The molecular weight excluding hydrogens is 278 g/mol. The van der Waals surface area contributed by atoms with Crippen molar-refractivity contribution >= 4 is 28.7 Å². The largest absolute Gasteiger partial charge is 0.389 e. The molecule has 1 aliphatic carbocycles. The molecule has 0 saturated heterocycles. The number of benzene rings is 1. The summed E-state index contributed by atoms with van der Waals surface area (Å²) in [5.41, 5.74) is 11.4. The van der Waals surface area contributed by atoms with Crippen LogP contribution in [-0.2, 0) is 12.8 Å². The Morgan fingerprint density at radius 3 is 2.62 bits per heavy atom. The fraction of sp³-hybridized carbons (Fsp3) is 0.294. The van der Waals surface area contributed by atoms with Crippen LogP contribution in [0.25, 0.3) is 0 Å². The number of nitrogens with two attached hydrogens (primary N) is 1. The topological polar surface area (TPSA) is 50.9 Å². The highest BCUT2D eigenvalue weighted by Crippen LogP contribution is 2.26. The van der Waals surface area contributed by atoms with Crippen molar-refractivity contribution in [2.45, 2.75) is 32.6 Å². The number of aromatic nitrogens is 1. The van der Waals surface area contributed by atoms with E-state index in [2.05, 4.69) is 30.4 Å². The molecule has 0 unspecified atom stereocenters. The van der Waals surface area contributed by atoms with Gasteiger partial charge in [-0.1, -0.05) is 29.9 Å². The van der Waals surface area contributed by atoms with E-state index in [1.807, 2.05) is 12.1 Å². The Bertz CT molecular complexity index is 677. The zero-order valence-electron chi connectivity index (χ0n) is 12.1. The van der Waals surface area contributed by atoms with E-state index in [0.29, 0.717) is 4.99 Å². The van der Waals surface area contributed by atoms with Crippen LogP contribution in [0.5, 0.6) is 0 Å². The van der Waals surface area contributed by atoms with E-state index in [4.69, 9.17) is 22.9 Å². The predicted octanol–water partition coefficient (Wildman–Crippen LogP) is 3.65.